The lowest BCUT2D eigenvalue weighted by molar-refractivity contribution is 0.0730. The van der Waals surface area contributed by atoms with Crippen molar-refractivity contribution in [2.45, 2.75) is 15.5 Å². The summed E-state index contributed by atoms with van der Waals surface area (Å²) in [5, 5.41) is 0.708. The zero-order valence-corrected chi connectivity index (χ0v) is 15.4. The van der Waals surface area contributed by atoms with Crippen molar-refractivity contribution in [3.8, 4) is 0 Å². The number of rotatable bonds is 5. The summed E-state index contributed by atoms with van der Waals surface area (Å²) >= 11 is 7.76. The van der Waals surface area contributed by atoms with Gasteiger partial charge in [-0.2, -0.15) is 4.31 Å². The predicted molar refractivity (Wildman–Crippen MR) is 97.0 cm³/mol. The number of benzene rings is 2. The van der Waals surface area contributed by atoms with Crippen molar-refractivity contribution in [3.05, 3.63) is 59.1 Å². The summed E-state index contributed by atoms with van der Waals surface area (Å²) < 4.78 is 32.1. The molecule has 2 aromatic carbocycles. The number of thioether (sulfide) groups is 1. The van der Waals surface area contributed by atoms with Crippen LogP contribution in [0.15, 0.2) is 58.3 Å². The van der Waals surface area contributed by atoms with Gasteiger partial charge in [-0.25, -0.2) is 8.42 Å². The van der Waals surface area contributed by atoms with Crippen LogP contribution in [-0.4, -0.2) is 39.0 Å². The van der Waals surface area contributed by atoms with Crippen LogP contribution in [0.2, 0.25) is 5.02 Å². The summed E-state index contributed by atoms with van der Waals surface area (Å²) in [7, 11) is -3.46. The van der Waals surface area contributed by atoms with Gasteiger partial charge in [-0.3, -0.25) is 0 Å². The second-order valence-corrected chi connectivity index (χ2v) is 8.75. The molecule has 0 aromatic heterocycles. The summed E-state index contributed by atoms with van der Waals surface area (Å²) in [5.41, 5.74) is 0.953. The number of nitrogens with zero attached hydrogens (tertiary/aromatic N) is 1. The van der Waals surface area contributed by atoms with Crippen LogP contribution >= 0.6 is 23.4 Å². The summed E-state index contributed by atoms with van der Waals surface area (Å²) in [6.45, 7) is 1.70. The fourth-order valence-electron chi connectivity index (χ4n) is 2.45. The van der Waals surface area contributed by atoms with Crippen molar-refractivity contribution in [1.82, 2.24) is 4.31 Å². The minimum Gasteiger partial charge on any atom is -0.379 e. The molecular weight excluding hydrogens is 366 g/mol. The highest BCUT2D eigenvalue weighted by Gasteiger charge is 2.26. The molecule has 0 aliphatic carbocycles. The number of sulfonamides is 1. The molecule has 1 heterocycles. The van der Waals surface area contributed by atoms with E-state index in [4.69, 9.17) is 16.3 Å². The third-order valence-corrected chi connectivity index (χ3v) is 7.22. The summed E-state index contributed by atoms with van der Waals surface area (Å²) in [5.74, 6) is 0.663. The summed E-state index contributed by atoms with van der Waals surface area (Å²) in [4.78, 5) is 1.32. The van der Waals surface area contributed by atoms with Crippen LogP contribution in [0.3, 0.4) is 0 Å². The normalized spacial score (nSPS) is 16.2. The molecule has 2 aromatic rings. The molecule has 7 heteroatoms. The first kappa shape index (κ1) is 17.8. The molecule has 1 fully saturated rings. The number of hydrogen-bond acceptors (Lipinski definition) is 4. The molecule has 3 rings (SSSR count). The third kappa shape index (κ3) is 4.13. The smallest absolute Gasteiger partial charge is 0.243 e. The summed E-state index contributed by atoms with van der Waals surface area (Å²) in [6.07, 6.45) is 0. The molecule has 0 radical (unpaired) electrons. The lowest BCUT2D eigenvalue weighted by Crippen LogP contribution is -2.40. The van der Waals surface area contributed by atoms with E-state index in [-0.39, 0.29) is 0 Å². The Morgan fingerprint density at radius 2 is 1.83 bits per heavy atom. The van der Waals surface area contributed by atoms with E-state index in [9.17, 15) is 8.42 Å². The zero-order chi connectivity index (χ0) is 17.0. The Bertz CT molecular complexity index is 805. The van der Waals surface area contributed by atoms with Crippen molar-refractivity contribution in [2.75, 3.05) is 26.3 Å². The Morgan fingerprint density at radius 1 is 1.08 bits per heavy atom. The lowest BCUT2D eigenvalue weighted by Gasteiger charge is -2.26. The van der Waals surface area contributed by atoms with Crippen molar-refractivity contribution in [2.24, 2.45) is 0 Å². The Balaban J connectivity index is 1.75. The number of halogens is 1. The van der Waals surface area contributed by atoms with E-state index in [0.717, 1.165) is 10.5 Å². The van der Waals surface area contributed by atoms with Crippen molar-refractivity contribution >= 4 is 33.4 Å². The molecule has 0 unspecified atom stereocenters. The van der Waals surface area contributed by atoms with Gasteiger partial charge in [0.05, 0.1) is 23.1 Å². The van der Waals surface area contributed by atoms with Gasteiger partial charge in [0.15, 0.2) is 0 Å². The first-order valence-corrected chi connectivity index (χ1v) is 10.4. The van der Waals surface area contributed by atoms with Gasteiger partial charge in [0.25, 0.3) is 0 Å². The van der Waals surface area contributed by atoms with Gasteiger partial charge in [0, 0.05) is 23.7 Å². The molecule has 0 N–H and O–H groups in total. The number of ether oxygens (including phenoxy) is 1. The van der Waals surface area contributed by atoms with Crippen molar-refractivity contribution < 1.29 is 13.2 Å². The molecule has 0 amide bonds. The average Bonchev–Trinajstić information content (AvgIpc) is 2.62. The topological polar surface area (TPSA) is 46.6 Å². The number of morpholine rings is 1. The molecule has 4 nitrogen and oxygen atoms in total. The van der Waals surface area contributed by atoms with Crippen molar-refractivity contribution in [1.29, 1.82) is 0 Å². The minimum absolute atomic E-state index is 0.335. The maximum absolute atomic E-state index is 12.7. The van der Waals surface area contributed by atoms with Crippen LogP contribution in [0.25, 0.3) is 0 Å². The maximum atomic E-state index is 12.7. The highest BCUT2D eigenvalue weighted by molar-refractivity contribution is 7.98. The van der Waals surface area contributed by atoms with Crippen LogP contribution in [0.1, 0.15) is 5.56 Å². The molecule has 0 atom stereocenters. The molecule has 1 aliphatic rings. The zero-order valence-electron chi connectivity index (χ0n) is 13.0. The Labute approximate surface area is 151 Å². The Hall–Kier alpha value is -1.05. The SMILES string of the molecule is O=S(=O)(c1cccc(CSc2ccccc2Cl)c1)N1CCOCC1. The second-order valence-electron chi connectivity index (χ2n) is 5.38. The van der Waals surface area contributed by atoms with Crippen molar-refractivity contribution in [3.63, 3.8) is 0 Å². The van der Waals surface area contributed by atoms with Crippen LogP contribution in [0.4, 0.5) is 0 Å². The number of hydrogen-bond donors (Lipinski definition) is 0. The fraction of sp³-hybridized carbons (Fsp3) is 0.294. The van der Waals surface area contributed by atoms with Crippen LogP contribution in [0, 0.1) is 0 Å². The molecule has 0 saturated carbocycles. The van der Waals surface area contributed by atoms with Gasteiger partial charge in [-0.1, -0.05) is 35.9 Å². The summed E-state index contributed by atoms with van der Waals surface area (Å²) in [6, 6.07) is 14.8. The first-order chi connectivity index (χ1) is 11.6. The van der Waals surface area contributed by atoms with Gasteiger partial charge in [0.2, 0.25) is 10.0 Å². The average molecular weight is 384 g/mol. The molecule has 128 valence electrons. The quantitative estimate of drug-likeness (QED) is 0.739. The monoisotopic (exact) mass is 383 g/mol. The Morgan fingerprint density at radius 3 is 2.58 bits per heavy atom. The maximum Gasteiger partial charge on any atom is 0.243 e. The van der Waals surface area contributed by atoms with Crippen LogP contribution in [0.5, 0.6) is 0 Å². The highest BCUT2D eigenvalue weighted by atomic mass is 35.5. The molecule has 0 bridgehead atoms. The second kappa shape index (κ2) is 7.89. The third-order valence-electron chi connectivity index (χ3n) is 3.74. The van der Waals surface area contributed by atoms with Crippen LogP contribution < -0.4 is 0 Å². The molecule has 1 aliphatic heterocycles. The Kier molecular flexibility index (Phi) is 5.84. The van der Waals surface area contributed by atoms with Gasteiger partial charge >= 0.3 is 0 Å². The van der Waals surface area contributed by atoms with E-state index in [0.29, 0.717) is 42.0 Å². The molecule has 0 spiro atoms. The van der Waals surface area contributed by atoms with E-state index in [1.165, 1.54) is 4.31 Å². The largest absolute Gasteiger partial charge is 0.379 e. The van der Waals surface area contributed by atoms with E-state index in [1.54, 1.807) is 30.0 Å². The molecular formula is C17H18ClNO3S2. The predicted octanol–water partition coefficient (Wildman–Crippen LogP) is 3.65. The lowest BCUT2D eigenvalue weighted by atomic mass is 10.2. The first-order valence-electron chi connectivity index (χ1n) is 7.61. The van der Waals surface area contributed by atoms with Gasteiger partial charge in [-0.05, 0) is 29.8 Å². The van der Waals surface area contributed by atoms with E-state index in [2.05, 4.69) is 0 Å². The van der Waals surface area contributed by atoms with Gasteiger partial charge in [0.1, 0.15) is 0 Å². The molecule has 1 saturated heterocycles. The van der Waals surface area contributed by atoms with Gasteiger partial charge in [-0.15, -0.1) is 11.8 Å². The van der Waals surface area contributed by atoms with Gasteiger partial charge < -0.3 is 4.74 Å². The molecule has 24 heavy (non-hydrogen) atoms. The van der Waals surface area contributed by atoms with E-state index in [1.807, 2.05) is 30.3 Å². The minimum atomic E-state index is -3.46. The fourth-order valence-corrected chi connectivity index (χ4v) is 5.12. The van der Waals surface area contributed by atoms with Crippen LogP contribution in [-0.2, 0) is 20.5 Å². The standard InChI is InChI=1S/C17H18ClNO3S2/c18-16-6-1-2-7-17(16)23-13-14-4-3-5-15(12-14)24(20,21)19-8-10-22-11-9-19/h1-7,12H,8-11,13H2. The highest BCUT2D eigenvalue weighted by Crippen LogP contribution is 2.30. The van der Waals surface area contributed by atoms with E-state index >= 15 is 0 Å². The van der Waals surface area contributed by atoms with E-state index < -0.39 is 10.0 Å².